The molecule has 102 valence electrons. The standard InChI is InChI=1S/C16H17N3O/c1-2-3-4-9-20-16-12-18-15(11-19-16)14-7-5-13(10-17)6-8-14/h5-8,11-12H,2-4,9H2,1H3. The van der Waals surface area contributed by atoms with Crippen molar-refractivity contribution in [2.45, 2.75) is 26.2 Å². The lowest BCUT2D eigenvalue weighted by atomic mass is 10.1. The molecule has 2 aromatic rings. The van der Waals surface area contributed by atoms with Crippen molar-refractivity contribution in [2.24, 2.45) is 0 Å². The van der Waals surface area contributed by atoms with Crippen molar-refractivity contribution in [2.75, 3.05) is 6.61 Å². The quantitative estimate of drug-likeness (QED) is 0.750. The van der Waals surface area contributed by atoms with Gasteiger partial charge in [0.05, 0.1) is 36.3 Å². The normalized spacial score (nSPS) is 10.0. The van der Waals surface area contributed by atoms with Crippen LogP contribution in [0.25, 0.3) is 11.3 Å². The van der Waals surface area contributed by atoms with Gasteiger partial charge in [0.2, 0.25) is 5.88 Å². The van der Waals surface area contributed by atoms with E-state index in [2.05, 4.69) is 23.0 Å². The number of nitriles is 1. The minimum atomic E-state index is 0.554. The molecule has 1 heterocycles. The van der Waals surface area contributed by atoms with Crippen molar-refractivity contribution in [1.29, 1.82) is 5.26 Å². The SMILES string of the molecule is CCCCCOc1cnc(-c2ccc(C#N)cc2)cn1. The summed E-state index contributed by atoms with van der Waals surface area (Å²) < 4.78 is 5.52. The summed E-state index contributed by atoms with van der Waals surface area (Å²) in [6.07, 6.45) is 6.70. The number of aromatic nitrogens is 2. The predicted octanol–water partition coefficient (Wildman–Crippen LogP) is 3.58. The van der Waals surface area contributed by atoms with Gasteiger partial charge in [-0.3, -0.25) is 0 Å². The molecule has 2 rings (SSSR count). The summed E-state index contributed by atoms with van der Waals surface area (Å²) in [6.45, 7) is 2.84. The lowest BCUT2D eigenvalue weighted by Crippen LogP contribution is -1.99. The largest absolute Gasteiger partial charge is 0.477 e. The predicted molar refractivity (Wildman–Crippen MR) is 77.2 cm³/mol. The number of ether oxygens (including phenoxy) is 1. The monoisotopic (exact) mass is 267 g/mol. The Bertz CT molecular complexity index is 570. The van der Waals surface area contributed by atoms with E-state index in [1.165, 1.54) is 6.42 Å². The molecule has 0 aliphatic rings. The van der Waals surface area contributed by atoms with Crippen molar-refractivity contribution in [1.82, 2.24) is 9.97 Å². The fraction of sp³-hybridized carbons (Fsp3) is 0.312. The van der Waals surface area contributed by atoms with Crippen LogP contribution in [0, 0.1) is 11.3 Å². The molecule has 1 aromatic heterocycles. The molecule has 0 spiro atoms. The second-order valence-corrected chi connectivity index (χ2v) is 4.48. The maximum Gasteiger partial charge on any atom is 0.232 e. The van der Waals surface area contributed by atoms with E-state index in [1.807, 2.05) is 12.1 Å². The van der Waals surface area contributed by atoms with E-state index in [0.717, 1.165) is 24.1 Å². The summed E-state index contributed by atoms with van der Waals surface area (Å²) in [6, 6.07) is 9.36. The van der Waals surface area contributed by atoms with Gasteiger partial charge in [0, 0.05) is 5.56 Å². The lowest BCUT2D eigenvalue weighted by Gasteiger charge is -2.05. The number of rotatable bonds is 6. The molecule has 0 atom stereocenters. The molecule has 0 aliphatic carbocycles. The number of hydrogen-bond acceptors (Lipinski definition) is 4. The van der Waals surface area contributed by atoms with Crippen molar-refractivity contribution < 1.29 is 4.74 Å². The van der Waals surface area contributed by atoms with Crippen LogP contribution in [-0.2, 0) is 0 Å². The Balaban J connectivity index is 1.98. The molecule has 0 fully saturated rings. The van der Waals surface area contributed by atoms with Crippen molar-refractivity contribution in [3.63, 3.8) is 0 Å². The van der Waals surface area contributed by atoms with Crippen LogP contribution in [0.15, 0.2) is 36.7 Å². The van der Waals surface area contributed by atoms with E-state index in [4.69, 9.17) is 10.00 Å². The maximum absolute atomic E-state index is 8.76. The molecule has 20 heavy (non-hydrogen) atoms. The average Bonchev–Trinajstić information content (AvgIpc) is 2.52. The van der Waals surface area contributed by atoms with Gasteiger partial charge < -0.3 is 4.74 Å². The molecule has 0 aliphatic heterocycles. The van der Waals surface area contributed by atoms with Crippen LogP contribution >= 0.6 is 0 Å². The topological polar surface area (TPSA) is 58.8 Å². The highest BCUT2D eigenvalue weighted by molar-refractivity contribution is 5.59. The highest BCUT2D eigenvalue weighted by atomic mass is 16.5. The van der Waals surface area contributed by atoms with Crippen LogP contribution in [0.5, 0.6) is 5.88 Å². The van der Waals surface area contributed by atoms with Crippen molar-refractivity contribution in [3.8, 4) is 23.2 Å². The van der Waals surface area contributed by atoms with E-state index in [1.54, 1.807) is 24.5 Å². The molecule has 0 amide bonds. The van der Waals surface area contributed by atoms with Gasteiger partial charge in [-0.15, -0.1) is 0 Å². The Morgan fingerprint density at radius 3 is 2.50 bits per heavy atom. The number of unbranched alkanes of at least 4 members (excludes halogenated alkanes) is 2. The molecule has 0 N–H and O–H groups in total. The summed E-state index contributed by atoms with van der Waals surface area (Å²) in [4.78, 5) is 8.58. The highest BCUT2D eigenvalue weighted by Crippen LogP contribution is 2.18. The van der Waals surface area contributed by atoms with Crippen LogP contribution < -0.4 is 4.74 Å². The Kier molecular flexibility index (Phi) is 5.08. The summed E-state index contributed by atoms with van der Waals surface area (Å²) in [5.74, 6) is 0.554. The third-order valence-electron chi connectivity index (χ3n) is 2.94. The van der Waals surface area contributed by atoms with Gasteiger partial charge in [-0.25, -0.2) is 9.97 Å². The van der Waals surface area contributed by atoms with E-state index < -0.39 is 0 Å². The summed E-state index contributed by atoms with van der Waals surface area (Å²) in [5, 5.41) is 8.76. The number of nitrogens with zero attached hydrogens (tertiary/aromatic N) is 3. The Morgan fingerprint density at radius 1 is 1.10 bits per heavy atom. The van der Waals surface area contributed by atoms with Crippen molar-refractivity contribution in [3.05, 3.63) is 42.2 Å². The van der Waals surface area contributed by atoms with Crippen LogP contribution in [-0.4, -0.2) is 16.6 Å². The molecule has 0 unspecified atom stereocenters. The first kappa shape index (κ1) is 14.0. The molecule has 0 bridgehead atoms. The van der Waals surface area contributed by atoms with Crippen LogP contribution in [0.4, 0.5) is 0 Å². The lowest BCUT2D eigenvalue weighted by molar-refractivity contribution is 0.293. The Labute approximate surface area is 119 Å². The molecule has 0 saturated heterocycles. The fourth-order valence-electron chi connectivity index (χ4n) is 1.78. The van der Waals surface area contributed by atoms with E-state index in [9.17, 15) is 0 Å². The first-order valence-corrected chi connectivity index (χ1v) is 6.79. The highest BCUT2D eigenvalue weighted by Gasteiger charge is 2.02. The van der Waals surface area contributed by atoms with Gasteiger partial charge >= 0.3 is 0 Å². The molecule has 0 saturated carbocycles. The van der Waals surface area contributed by atoms with Gasteiger partial charge in [0.1, 0.15) is 0 Å². The second-order valence-electron chi connectivity index (χ2n) is 4.48. The fourth-order valence-corrected chi connectivity index (χ4v) is 1.78. The molecule has 0 radical (unpaired) electrons. The van der Waals surface area contributed by atoms with Gasteiger partial charge in [-0.05, 0) is 18.6 Å². The molecular weight excluding hydrogens is 250 g/mol. The first-order chi connectivity index (χ1) is 9.83. The third kappa shape index (κ3) is 3.79. The van der Waals surface area contributed by atoms with Gasteiger partial charge in [0.15, 0.2) is 0 Å². The molecule has 4 heteroatoms. The van der Waals surface area contributed by atoms with E-state index in [0.29, 0.717) is 18.1 Å². The van der Waals surface area contributed by atoms with Gasteiger partial charge in [-0.1, -0.05) is 31.9 Å². The average molecular weight is 267 g/mol. The Hall–Kier alpha value is -2.41. The number of hydrogen-bond donors (Lipinski definition) is 0. The maximum atomic E-state index is 8.76. The number of benzene rings is 1. The smallest absolute Gasteiger partial charge is 0.232 e. The summed E-state index contributed by atoms with van der Waals surface area (Å²) in [5.41, 5.74) is 2.35. The molecular formula is C16H17N3O. The van der Waals surface area contributed by atoms with Crippen LogP contribution in [0.3, 0.4) is 0 Å². The first-order valence-electron chi connectivity index (χ1n) is 6.79. The zero-order valence-corrected chi connectivity index (χ0v) is 11.5. The van der Waals surface area contributed by atoms with Crippen molar-refractivity contribution >= 4 is 0 Å². The van der Waals surface area contributed by atoms with Gasteiger partial charge in [-0.2, -0.15) is 5.26 Å². The summed E-state index contributed by atoms with van der Waals surface area (Å²) in [7, 11) is 0. The zero-order chi connectivity index (χ0) is 14.2. The molecule has 4 nitrogen and oxygen atoms in total. The second kappa shape index (κ2) is 7.25. The van der Waals surface area contributed by atoms with Crippen LogP contribution in [0.2, 0.25) is 0 Å². The minimum Gasteiger partial charge on any atom is -0.477 e. The minimum absolute atomic E-state index is 0.554. The third-order valence-corrected chi connectivity index (χ3v) is 2.94. The van der Waals surface area contributed by atoms with E-state index >= 15 is 0 Å². The Morgan fingerprint density at radius 2 is 1.90 bits per heavy atom. The van der Waals surface area contributed by atoms with Crippen LogP contribution in [0.1, 0.15) is 31.7 Å². The summed E-state index contributed by atoms with van der Waals surface area (Å²) >= 11 is 0. The molecule has 1 aromatic carbocycles. The van der Waals surface area contributed by atoms with Gasteiger partial charge in [0.25, 0.3) is 0 Å². The van der Waals surface area contributed by atoms with E-state index in [-0.39, 0.29) is 0 Å². The zero-order valence-electron chi connectivity index (χ0n) is 11.5.